The van der Waals surface area contributed by atoms with Gasteiger partial charge in [-0.2, -0.15) is 0 Å². The zero-order valence-corrected chi connectivity index (χ0v) is 15.2. The highest BCUT2D eigenvalue weighted by atomic mass is 15.1. The Morgan fingerprint density at radius 1 is 0.667 bits per heavy atom. The molecular formula is C19H42N2. The number of hydrogen-bond donors (Lipinski definition) is 1. The smallest absolute Gasteiger partial charge is 0.00510 e. The van der Waals surface area contributed by atoms with Crippen LogP contribution in [0.2, 0.25) is 0 Å². The summed E-state index contributed by atoms with van der Waals surface area (Å²) >= 11 is 0. The van der Waals surface area contributed by atoms with Gasteiger partial charge in [0, 0.05) is 6.04 Å². The quantitative estimate of drug-likeness (QED) is 0.389. The standard InChI is InChI=1S/C19H42N2/c1-4-7-8-9-10-11-12-13-14-15-16-19(20)17-18-21(5-2)6-3/h19H,4-18,20H2,1-3H3. The lowest BCUT2D eigenvalue weighted by molar-refractivity contribution is 0.286. The Morgan fingerprint density at radius 3 is 1.62 bits per heavy atom. The molecule has 0 aliphatic carbocycles. The first-order chi connectivity index (χ1) is 10.2. The molecule has 0 aliphatic heterocycles. The highest BCUT2D eigenvalue weighted by Gasteiger charge is 2.05. The highest BCUT2D eigenvalue weighted by Crippen LogP contribution is 2.12. The van der Waals surface area contributed by atoms with Gasteiger partial charge in [-0.05, 0) is 32.5 Å². The van der Waals surface area contributed by atoms with Gasteiger partial charge in [-0.25, -0.2) is 0 Å². The van der Waals surface area contributed by atoms with Gasteiger partial charge in [0.1, 0.15) is 0 Å². The van der Waals surface area contributed by atoms with Gasteiger partial charge in [-0.15, -0.1) is 0 Å². The molecule has 2 N–H and O–H groups in total. The fourth-order valence-electron chi connectivity index (χ4n) is 2.93. The summed E-state index contributed by atoms with van der Waals surface area (Å²) in [5.74, 6) is 0. The fraction of sp³-hybridized carbons (Fsp3) is 1.00. The number of hydrogen-bond acceptors (Lipinski definition) is 2. The molecule has 0 saturated carbocycles. The molecule has 0 spiro atoms. The van der Waals surface area contributed by atoms with Gasteiger partial charge in [0.25, 0.3) is 0 Å². The average molecular weight is 299 g/mol. The van der Waals surface area contributed by atoms with E-state index in [4.69, 9.17) is 5.73 Å². The molecule has 0 saturated heterocycles. The minimum absolute atomic E-state index is 0.416. The van der Waals surface area contributed by atoms with Crippen molar-refractivity contribution in [1.82, 2.24) is 4.90 Å². The SMILES string of the molecule is CCCCCCCCCCCCC(N)CCN(CC)CC. The van der Waals surface area contributed by atoms with Crippen LogP contribution in [0.5, 0.6) is 0 Å². The van der Waals surface area contributed by atoms with Crippen molar-refractivity contribution in [2.75, 3.05) is 19.6 Å². The third-order valence-electron chi connectivity index (χ3n) is 4.64. The van der Waals surface area contributed by atoms with Crippen molar-refractivity contribution in [3.8, 4) is 0 Å². The third kappa shape index (κ3) is 14.6. The average Bonchev–Trinajstić information content (AvgIpc) is 2.50. The minimum atomic E-state index is 0.416. The largest absolute Gasteiger partial charge is 0.328 e. The molecule has 0 radical (unpaired) electrons. The predicted molar refractivity (Wildman–Crippen MR) is 96.8 cm³/mol. The van der Waals surface area contributed by atoms with Crippen LogP contribution < -0.4 is 5.73 Å². The number of nitrogens with two attached hydrogens (primary N) is 1. The van der Waals surface area contributed by atoms with Gasteiger partial charge in [0.05, 0.1) is 0 Å². The normalized spacial score (nSPS) is 13.0. The lowest BCUT2D eigenvalue weighted by atomic mass is 10.0. The van der Waals surface area contributed by atoms with Gasteiger partial charge in [0.15, 0.2) is 0 Å². The second-order valence-electron chi connectivity index (χ2n) is 6.55. The van der Waals surface area contributed by atoms with Gasteiger partial charge in [0.2, 0.25) is 0 Å². The summed E-state index contributed by atoms with van der Waals surface area (Å²) in [6.07, 6.45) is 16.5. The van der Waals surface area contributed by atoms with Crippen LogP contribution in [-0.2, 0) is 0 Å². The molecule has 1 unspecified atom stereocenters. The van der Waals surface area contributed by atoms with Crippen molar-refractivity contribution >= 4 is 0 Å². The Bertz CT molecular complexity index is 190. The maximum atomic E-state index is 6.21. The molecule has 2 heteroatoms. The zero-order valence-electron chi connectivity index (χ0n) is 15.2. The van der Waals surface area contributed by atoms with E-state index in [0.717, 1.165) is 13.1 Å². The molecule has 0 aliphatic rings. The molecule has 0 bridgehead atoms. The summed E-state index contributed by atoms with van der Waals surface area (Å²) in [5.41, 5.74) is 6.21. The molecule has 0 heterocycles. The monoisotopic (exact) mass is 298 g/mol. The second kappa shape index (κ2) is 16.3. The van der Waals surface area contributed by atoms with Gasteiger partial charge in [-0.3, -0.25) is 0 Å². The van der Waals surface area contributed by atoms with Crippen LogP contribution in [0.4, 0.5) is 0 Å². The first-order valence-electron chi connectivity index (χ1n) is 9.72. The molecule has 128 valence electrons. The van der Waals surface area contributed by atoms with Crippen LogP contribution in [0.1, 0.15) is 97.8 Å². The zero-order chi connectivity index (χ0) is 15.8. The Morgan fingerprint density at radius 2 is 1.14 bits per heavy atom. The Kier molecular flexibility index (Phi) is 16.2. The van der Waals surface area contributed by atoms with Crippen LogP contribution >= 0.6 is 0 Å². The van der Waals surface area contributed by atoms with Crippen molar-refractivity contribution in [3.63, 3.8) is 0 Å². The summed E-state index contributed by atoms with van der Waals surface area (Å²) in [4.78, 5) is 2.47. The van der Waals surface area contributed by atoms with Crippen LogP contribution in [0.3, 0.4) is 0 Å². The van der Waals surface area contributed by atoms with Crippen molar-refractivity contribution < 1.29 is 0 Å². The molecule has 0 aromatic carbocycles. The maximum Gasteiger partial charge on any atom is 0.00510 e. The molecule has 0 fully saturated rings. The highest BCUT2D eigenvalue weighted by molar-refractivity contribution is 4.64. The number of rotatable bonds is 16. The van der Waals surface area contributed by atoms with E-state index in [0.29, 0.717) is 6.04 Å². The summed E-state index contributed by atoms with van der Waals surface area (Å²) in [5, 5.41) is 0. The molecule has 0 aromatic heterocycles. The first kappa shape index (κ1) is 20.9. The lowest BCUT2D eigenvalue weighted by Crippen LogP contribution is -2.30. The van der Waals surface area contributed by atoms with E-state index in [-0.39, 0.29) is 0 Å². The Labute approximate surface area is 134 Å². The first-order valence-corrected chi connectivity index (χ1v) is 9.72. The Balaban J connectivity index is 3.23. The summed E-state index contributed by atoms with van der Waals surface area (Å²) in [6, 6.07) is 0.416. The fourth-order valence-corrected chi connectivity index (χ4v) is 2.93. The van der Waals surface area contributed by atoms with Gasteiger partial charge in [-0.1, -0.05) is 85.0 Å². The maximum absolute atomic E-state index is 6.21. The van der Waals surface area contributed by atoms with Crippen LogP contribution in [-0.4, -0.2) is 30.6 Å². The predicted octanol–water partition coefficient (Wildman–Crippen LogP) is 5.36. The number of nitrogens with zero attached hydrogens (tertiary/aromatic N) is 1. The van der Waals surface area contributed by atoms with Crippen LogP contribution in [0.25, 0.3) is 0 Å². The second-order valence-corrected chi connectivity index (χ2v) is 6.55. The topological polar surface area (TPSA) is 29.3 Å². The van der Waals surface area contributed by atoms with Crippen molar-refractivity contribution in [2.24, 2.45) is 5.73 Å². The molecule has 0 amide bonds. The van der Waals surface area contributed by atoms with E-state index in [1.807, 2.05) is 0 Å². The van der Waals surface area contributed by atoms with Crippen LogP contribution in [0, 0.1) is 0 Å². The summed E-state index contributed by atoms with van der Waals surface area (Å²) in [7, 11) is 0. The molecule has 1 atom stereocenters. The van der Waals surface area contributed by atoms with E-state index in [9.17, 15) is 0 Å². The van der Waals surface area contributed by atoms with Crippen molar-refractivity contribution in [2.45, 2.75) is 104 Å². The van der Waals surface area contributed by atoms with Gasteiger partial charge >= 0.3 is 0 Å². The van der Waals surface area contributed by atoms with E-state index < -0.39 is 0 Å². The van der Waals surface area contributed by atoms with E-state index >= 15 is 0 Å². The van der Waals surface area contributed by atoms with E-state index in [1.165, 1.54) is 83.6 Å². The lowest BCUT2D eigenvalue weighted by Gasteiger charge is -2.20. The third-order valence-corrected chi connectivity index (χ3v) is 4.64. The Hall–Kier alpha value is -0.0800. The minimum Gasteiger partial charge on any atom is -0.328 e. The summed E-state index contributed by atoms with van der Waals surface area (Å²) < 4.78 is 0. The molecule has 0 aromatic rings. The summed E-state index contributed by atoms with van der Waals surface area (Å²) in [6.45, 7) is 10.2. The molecular weight excluding hydrogens is 256 g/mol. The molecule has 0 rings (SSSR count). The van der Waals surface area contributed by atoms with Crippen LogP contribution in [0.15, 0.2) is 0 Å². The van der Waals surface area contributed by atoms with Gasteiger partial charge < -0.3 is 10.6 Å². The molecule has 21 heavy (non-hydrogen) atoms. The van der Waals surface area contributed by atoms with E-state index in [1.54, 1.807) is 0 Å². The van der Waals surface area contributed by atoms with E-state index in [2.05, 4.69) is 25.7 Å². The van der Waals surface area contributed by atoms with Crippen molar-refractivity contribution in [1.29, 1.82) is 0 Å². The number of unbranched alkanes of at least 4 members (excludes halogenated alkanes) is 9. The molecule has 2 nitrogen and oxygen atoms in total. The van der Waals surface area contributed by atoms with Crippen molar-refractivity contribution in [3.05, 3.63) is 0 Å².